The zero-order chi connectivity index (χ0) is 15.2. The molecule has 0 unspecified atom stereocenters. The second-order valence-corrected chi connectivity index (χ2v) is 6.74. The van der Waals surface area contributed by atoms with E-state index in [1.54, 1.807) is 0 Å². The lowest BCUT2D eigenvalue weighted by molar-refractivity contribution is -0.151. The van der Waals surface area contributed by atoms with E-state index < -0.39 is 16.9 Å². The average molecular weight is 282 g/mol. The molecule has 2 amide bonds. The summed E-state index contributed by atoms with van der Waals surface area (Å²) in [5.41, 5.74) is -1.55. The van der Waals surface area contributed by atoms with Gasteiger partial charge in [-0.15, -0.1) is 0 Å². The highest BCUT2D eigenvalue weighted by Crippen LogP contribution is 2.71. The highest BCUT2D eigenvalue weighted by Gasteiger charge is 2.73. The van der Waals surface area contributed by atoms with E-state index in [0.29, 0.717) is 18.9 Å². The number of carbonyl (C=O) groups is 2. The molecule has 114 valence electrons. The lowest BCUT2D eigenvalue weighted by Crippen LogP contribution is -2.65. The lowest BCUT2D eigenvalue weighted by atomic mass is 9.61. The van der Waals surface area contributed by atoms with Gasteiger partial charge in [0.05, 0.1) is 0 Å². The van der Waals surface area contributed by atoms with Gasteiger partial charge in [-0.05, 0) is 43.9 Å². The number of hydrogen-bond acceptors (Lipinski definition) is 2. The third-order valence-corrected chi connectivity index (χ3v) is 6.41. The molecule has 0 heterocycles. The fourth-order valence-corrected chi connectivity index (χ4v) is 4.78. The summed E-state index contributed by atoms with van der Waals surface area (Å²) in [5, 5.41) is 15.3. The van der Waals surface area contributed by atoms with Crippen LogP contribution < -0.4 is 10.6 Å². The van der Waals surface area contributed by atoms with E-state index in [0.717, 1.165) is 19.3 Å². The maximum Gasteiger partial charge on any atom is 0.330 e. The van der Waals surface area contributed by atoms with Crippen LogP contribution >= 0.6 is 0 Å². The molecule has 20 heavy (non-hydrogen) atoms. The fraction of sp³-hybridized carbons (Fsp3) is 0.867. The van der Waals surface area contributed by atoms with Gasteiger partial charge in [0.15, 0.2) is 0 Å². The molecule has 0 aromatic heterocycles. The van der Waals surface area contributed by atoms with E-state index in [1.165, 1.54) is 0 Å². The maximum atomic E-state index is 12.0. The Morgan fingerprint density at radius 3 is 2.40 bits per heavy atom. The highest BCUT2D eigenvalue weighted by atomic mass is 16.4. The van der Waals surface area contributed by atoms with Crippen molar-refractivity contribution < 1.29 is 14.7 Å². The Balaban J connectivity index is 2.41. The van der Waals surface area contributed by atoms with Gasteiger partial charge in [0.25, 0.3) is 0 Å². The van der Waals surface area contributed by atoms with Gasteiger partial charge in [0.2, 0.25) is 0 Å². The van der Waals surface area contributed by atoms with Crippen LogP contribution in [0.15, 0.2) is 0 Å². The summed E-state index contributed by atoms with van der Waals surface area (Å²) in [4.78, 5) is 24.0. The number of aliphatic carboxylic acids is 1. The second kappa shape index (κ2) is 4.64. The predicted molar refractivity (Wildman–Crippen MR) is 76.4 cm³/mol. The Bertz CT molecular complexity index is 439. The van der Waals surface area contributed by atoms with E-state index >= 15 is 0 Å². The van der Waals surface area contributed by atoms with E-state index in [4.69, 9.17) is 0 Å². The normalized spacial score (nSPS) is 42.5. The molecule has 0 saturated heterocycles. The zero-order valence-electron chi connectivity index (χ0n) is 12.9. The molecule has 2 fully saturated rings. The van der Waals surface area contributed by atoms with Crippen molar-refractivity contribution in [2.24, 2.45) is 16.7 Å². The molecular weight excluding hydrogens is 256 g/mol. The standard InChI is InChI=1S/C15H26N2O3/c1-5-13(3)10-7-8-14(13,4)15(9-10,11(18)19)17-12(20)16-6-2/h10H,5-9H2,1-4H3,(H,18,19)(H2,16,17,20)/t10-,13-,14-,15+/m0/s1. The Hall–Kier alpha value is -1.26. The Morgan fingerprint density at radius 2 is 1.95 bits per heavy atom. The number of nitrogens with one attached hydrogen (secondary N) is 2. The van der Waals surface area contributed by atoms with Crippen LogP contribution in [0.4, 0.5) is 4.79 Å². The molecular formula is C15H26N2O3. The molecule has 0 aromatic rings. The zero-order valence-corrected chi connectivity index (χ0v) is 12.9. The third-order valence-electron chi connectivity index (χ3n) is 6.41. The Labute approximate surface area is 120 Å². The lowest BCUT2D eigenvalue weighted by Gasteiger charge is -2.47. The number of rotatable bonds is 4. The smallest absolute Gasteiger partial charge is 0.330 e. The Kier molecular flexibility index (Phi) is 3.51. The van der Waals surface area contributed by atoms with Gasteiger partial charge < -0.3 is 15.7 Å². The molecule has 0 aliphatic heterocycles. The molecule has 2 rings (SSSR count). The maximum absolute atomic E-state index is 12.0. The summed E-state index contributed by atoms with van der Waals surface area (Å²) in [7, 11) is 0. The molecule has 2 aliphatic carbocycles. The molecule has 5 nitrogen and oxygen atoms in total. The second-order valence-electron chi connectivity index (χ2n) is 6.74. The third kappa shape index (κ3) is 1.61. The van der Waals surface area contributed by atoms with E-state index in [2.05, 4.69) is 24.5 Å². The number of fused-ring (bicyclic) bond motifs is 2. The van der Waals surface area contributed by atoms with Gasteiger partial charge in [-0.2, -0.15) is 0 Å². The van der Waals surface area contributed by atoms with Crippen molar-refractivity contribution in [3.8, 4) is 0 Å². The summed E-state index contributed by atoms with van der Waals surface area (Å²) >= 11 is 0. The Morgan fingerprint density at radius 1 is 1.30 bits per heavy atom. The molecule has 2 saturated carbocycles. The van der Waals surface area contributed by atoms with Crippen LogP contribution in [0.3, 0.4) is 0 Å². The van der Waals surface area contributed by atoms with Gasteiger partial charge in [-0.3, -0.25) is 0 Å². The summed E-state index contributed by atoms with van der Waals surface area (Å²) in [6, 6.07) is -0.373. The van der Waals surface area contributed by atoms with Gasteiger partial charge in [-0.1, -0.05) is 20.8 Å². The minimum atomic E-state index is -1.14. The summed E-state index contributed by atoms with van der Waals surface area (Å²) in [6.45, 7) is 8.68. The number of carbonyl (C=O) groups excluding carboxylic acids is 1. The number of carboxylic acids is 1. The van der Waals surface area contributed by atoms with E-state index in [9.17, 15) is 14.7 Å². The quantitative estimate of drug-likeness (QED) is 0.740. The molecule has 0 radical (unpaired) electrons. The van der Waals surface area contributed by atoms with Crippen LogP contribution in [0.25, 0.3) is 0 Å². The topological polar surface area (TPSA) is 78.4 Å². The summed E-state index contributed by atoms with van der Waals surface area (Å²) < 4.78 is 0. The summed E-state index contributed by atoms with van der Waals surface area (Å²) in [6.07, 6.45) is 3.41. The van der Waals surface area contributed by atoms with Crippen molar-refractivity contribution in [1.82, 2.24) is 10.6 Å². The van der Waals surface area contributed by atoms with Gasteiger partial charge in [0, 0.05) is 12.0 Å². The molecule has 5 heteroatoms. The van der Waals surface area contributed by atoms with Gasteiger partial charge in [0.1, 0.15) is 5.54 Å². The first-order valence-corrected chi connectivity index (χ1v) is 7.57. The van der Waals surface area contributed by atoms with Crippen molar-refractivity contribution in [1.29, 1.82) is 0 Å². The molecule has 2 bridgehead atoms. The first-order valence-electron chi connectivity index (χ1n) is 7.57. The SMILES string of the molecule is CCNC(=O)N[C@@]1(C(=O)O)C[C@@H]2CC[C@@]1(C)[C@@]2(C)CC. The van der Waals surface area contributed by atoms with E-state index in [1.807, 2.05) is 13.8 Å². The molecule has 3 N–H and O–H groups in total. The monoisotopic (exact) mass is 282 g/mol. The minimum absolute atomic E-state index is 0.0229. The number of amides is 2. The highest BCUT2D eigenvalue weighted by molar-refractivity contribution is 5.88. The van der Waals surface area contributed by atoms with Crippen molar-refractivity contribution in [2.45, 2.75) is 58.9 Å². The molecule has 0 spiro atoms. The molecule has 2 aliphatic rings. The van der Waals surface area contributed by atoms with Crippen LogP contribution in [-0.2, 0) is 4.79 Å². The van der Waals surface area contributed by atoms with Crippen LogP contribution in [-0.4, -0.2) is 29.2 Å². The van der Waals surface area contributed by atoms with Crippen molar-refractivity contribution in [3.05, 3.63) is 0 Å². The minimum Gasteiger partial charge on any atom is -0.479 e. The largest absolute Gasteiger partial charge is 0.479 e. The molecule has 4 atom stereocenters. The van der Waals surface area contributed by atoms with Gasteiger partial charge >= 0.3 is 12.0 Å². The van der Waals surface area contributed by atoms with E-state index in [-0.39, 0.29) is 11.4 Å². The van der Waals surface area contributed by atoms with Crippen LogP contribution in [0.2, 0.25) is 0 Å². The first kappa shape index (κ1) is 15.1. The van der Waals surface area contributed by atoms with Crippen LogP contribution in [0.1, 0.15) is 53.4 Å². The predicted octanol–water partition coefficient (Wildman–Crippen LogP) is 2.37. The van der Waals surface area contributed by atoms with Crippen LogP contribution in [0.5, 0.6) is 0 Å². The average Bonchev–Trinajstić information content (AvgIpc) is 2.73. The summed E-state index contributed by atoms with van der Waals surface area (Å²) in [5.74, 6) is -0.524. The van der Waals surface area contributed by atoms with Crippen LogP contribution in [0, 0.1) is 16.7 Å². The van der Waals surface area contributed by atoms with Crippen molar-refractivity contribution >= 4 is 12.0 Å². The van der Waals surface area contributed by atoms with Crippen molar-refractivity contribution in [3.63, 3.8) is 0 Å². The number of carboxylic acid groups (broad SMARTS) is 1. The number of hydrogen-bond donors (Lipinski definition) is 3. The van der Waals surface area contributed by atoms with Crippen molar-refractivity contribution in [2.75, 3.05) is 6.54 Å². The fourth-order valence-electron chi connectivity index (χ4n) is 4.78. The van der Waals surface area contributed by atoms with Gasteiger partial charge in [-0.25, -0.2) is 9.59 Å². The molecule has 0 aromatic carbocycles. The number of urea groups is 1. The first-order chi connectivity index (χ1) is 9.27.